The van der Waals surface area contributed by atoms with Gasteiger partial charge in [-0.05, 0) is 12.5 Å². The summed E-state index contributed by atoms with van der Waals surface area (Å²) in [6, 6.07) is 4.35. The second-order valence-corrected chi connectivity index (χ2v) is 4.09. The first-order valence-corrected chi connectivity index (χ1v) is 6.00. The summed E-state index contributed by atoms with van der Waals surface area (Å²) in [5, 5.41) is 0. The average Bonchev–Trinajstić information content (AvgIpc) is 2.39. The standard InChI is InChI=1S/C13H21FN2O2/c1-4-5-12(18-3)13(16-15)10-7-6-9(17-2)8-11(10)14/h6-8,12-13,16H,4-5,15H2,1-3H3. The third kappa shape index (κ3) is 3.41. The van der Waals surface area contributed by atoms with E-state index in [1.807, 2.05) is 6.92 Å². The van der Waals surface area contributed by atoms with Crippen LogP contribution >= 0.6 is 0 Å². The van der Waals surface area contributed by atoms with Crippen LogP contribution in [-0.4, -0.2) is 20.3 Å². The lowest BCUT2D eigenvalue weighted by Crippen LogP contribution is -2.38. The van der Waals surface area contributed by atoms with Gasteiger partial charge in [-0.15, -0.1) is 0 Å². The molecule has 0 radical (unpaired) electrons. The van der Waals surface area contributed by atoms with Gasteiger partial charge in [-0.3, -0.25) is 11.3 Å². The van der Waals surface area contributed by atoms with Crippen molar-refractivity contribution in [2.45, 2.75) is 31.9 Å². The minimum atomic E-state index is -0.374. The number of nitrogens with two attached hydrogens (primary N) is 1. The molecule has 18 heavy (non-hydrogen) atoms. The fourth-order valence-electron chi connectivity index (χ4n) is 1.99. The van der Waals surface area contributed by atoms with Gasteiger partial charge < -0.3 is 9.47 Å². The van der Waals surface area contributed by atoms with Gasteiger partial charge in [0.25, 0.3) is 0 Å². The number of hydrazine groups is 1. The normalized spacial score (nSPS) is 14.3. The zero-order valence-electron chi connectivity index (χ0n) is 11.1. The summed E-state index contributed by atoms with van der Waals surface area (Å²) in [6.07, 6.45) is 1.58. The molecule has 0 aliphatic carbocycles. The molecule has 0 aliphatic rings. The van der Waals surface area contributed by atoms with Crippen LogP contribution < -0.4 is 16.0 Å². The molecular formula is C13H21FN2O2. The van der Waals surface area contributed by atoms with Crippen molar-refractivity contribution < 1.29 is 13.9 Å². The van der Waals surface area contributed by atoms with Gasteiger partial charge in [0.05, 0.1) is 19.3 Å². The Morgan fingerprint density at radius 3 is 2.56 bits per heavy atom. The predicted octanol–water partition coefficient (Wildman–Crippen LogP) is 2.15. The monoisotopic (exact) mass is 256 g/mol. The fourth-order valence-corrected chi connectivity index (χ4v) is 1.99. The number of halogens is 1. The molecule has 4 nitrogen and oxygen atoms in total. The quantitative estimate of drug-likeness (QED) is 0.580. The second-order valence-electron chi connectivity index (χ2n) is 4.09. The number of benzene rings is 1. The van der Waals surface area contributed by atoms with E-state index in [9.17, 15) is 4.39 Å². The van der Waals surface area contributed by atoms with Crippen molar-refractivity contribution in [1.29, 1.82) is 0 Å². The van der Waals surface area contributed by atoms with E-state index in [4.69, 9.17) is 15.3 Å². The summed E-state index contributed by atoms with van der Waals surface area (Å²) >= 11 is 0. The molecule has 0 heterocycles. The Balaban J connectivity index is 3.00. The highest BCUT2D eigenvalue weighted by Gasteiger charge is 2.24. The SMILES string of the molecule is CCCC(OC)C(NN)c1ccc(OC)cc1F. The Bertz CT molecular complexity index is 374. The molecule has 3 N–H and O–H groups in total. The van der Waals surface area contributed by atoms with Crippen LogP contribution in [0.2, 0.25) is 0 Å². The van der Waals surface area contributed by atoms with Gasteiger partial charge in [-0.25, -0.2) is 4.39 Å². The average molecular weight is 256 g/mol. The molecule has 0 aromatic heterocycles. The smallest absolute Gasteiger partial charge is 0.131 e. The van der Waals surface area contributed by atoms with Crippen LogP contribution in [0.15, 0.2) is 18.2 Å². The van der Waals surface area contributed by atoms with Crippen molar-refractivity contribution >= 4 is 0 Å². The fraction of sp³-hybridized carbons (Fsp3) is 0.538. The molecule has 1 aromatic carbocycles. The molecule has 0 saturated heterocycles. The van der Waals surface area contributed by atoms with Crippen LogP contribution in [0.25, 0.3) is 0 Å². The maximum atomic E-state index is 14.0. The van der Waals surface area contributed by atoms with Crippen molar-refractivity contribution in [1.82, 2.24) is 5.43 Å². The number of hydrogen-bond donors (Lipinski definition) is 2. The molecule has 5 heteroatoms. The summed E-state index contributed by atoms with van der Waals surface area (Å²) in [7, 11) is 3.11. The van der Waals surface area contributed by atoms with E-state index in [-0.39, 0.29) is 18.0 Å². The van der Waals surface area contributed by atoms with Crippen molar-refractivity contribution in [2.75, 3.05) is 14.2 Å². The summed E-state index contributed by atoms with van der Waals surface area (Å²) in [5.41, 5.74) is 3.11. The van der Waals surface area contributed by atoms with Gasteiger partial charge in [-0.1, -0.05) is 19.4 Å². The van der Waals surface area contributed by atoms with Crippen LogP contribution in [0, 0.1) is 5.82 Å². The molecule has 102 valence electrons. The first-order valence-electron chi connectivity index (χ1n) is 6.00. The number of hydrogen-bond acceptors (Lipinski definition) is 4. The first-order chi connectivity index (χ1) is 8.67. The Labute approximate surface area is 107 Å². The topological polar surface area (TPSA) is 56.5 Å². The van der Waals surface area contributed by atoms with E-state index in [1.165, 1.54) is 13.2 Å². The summed E-state index contributed by atoms with van der Waals surface area (Å²) in [5.74, 6) is 5.65. The van der Waals surface area contributed by atoms with E-state index in [2.05, 4.69) is 5.43 Å². The van der Waals surface area contributed by atoms with E-state index in [0.29, 0.717) is 11.3 Å². The Morgan fingerprint density at radius 2 is 2.11 bits per heavy atom. The molecule has 0 spiro atoms. The Morgan fingerprint density at radius 1 is 1.39 bits per heavy atom. The van der Waals surface area contributed by atoms with Gasteiger partial charge in [0.2, 0.25) is 0 Å². The summed E-state index contributed by atoms with van der Waals surface area (Å²) in [4.78, 5) is 0. The molecule has 0 fully saturated rings. The summed E-state index contributed by atoms with van der Waals surface area (Å²) in [6.45, 7) is 2.05. The highest BCUT2D eigenvalue weighted by Crippen LogP contribution is 2.26. The first kappa shape index (κ1) is 14.9. The van der Waals surface area contributed by atoms with Gasteiger partial charge in [0.15, 0.2) is 0 Å². The van der Waals surface area contributed by atoms with E-state index < -0.39 is 0 Å². The minimum absolute atomic E-state index is 0.164. The van der Waals surface area contributed by atoms with Gasteiger partial charge in [0, 0.05) is 18.7 Å². The van der Waals surface area contributed by atoms with Crippen LogP contribution in [0.1, 0.15) is 31.4 Å². The third-order valence-corrected chi connectivity index (χ3v) is 2.97. The van der Waals surface area contributed by atoms with Crippen molar-refractivity contribution in [3.63, 3.8) is 0 Å². The maximum Gasteiger partial charge on any atom is 0.131 e. The third-order valence-electron chi connectivity index (χ3n) is 2.97. The number of ether oxygens (including phenoxy) is 2. The Hall–Kier alpha value is -1.17. The lowest BCUT2D eigenvalue weighted by Gasteiger charge is -2.26. The van der Waals surface area contributed by atoms with Crippen LogP contribution in [-0.2, 0) is 4.74 Å². The lowest BCUT2D eigenvalue weighted by atomic mass is 9.98. The van der Waals surface area contributed by atoms with Crippen LogP contribution in [0.5, 0.6) is 5.75 Å². The van der Waals surface area contributed by atoms with Gasteiger partial charge in [0.1, 0.15) is 11.6 Å². The minimum Gasteiger partial charge on any atom is -0.497 e. The molecule has 0 bridgehead atoms. The molecule has 0 saturated carbocycles. The van der Waals surface area contributed by atoms with Gasteiger partial charge in [-0.2, -0.15) is 0 Å². The molecule has 1 rings (SSSR count). The number of rotatable bonds is 7. The zero-order valence-corrected chi connectivity index (χ0v) is 11.1. The van der Waals surface area contributed by atoms with Gasteiger partial charge >= 0.3 is 0 Å². The number of methoxy groups -OCH3 is 2. The molecule has 2 atom stereocenters. The molecule has 1 aromatic rings. The molecule has 0 aliphatic heterocycles. The van der Waals surface area contributed by atoms with E-state index in [0.717, 1.165) is 12.8 Å². The lowest BCUT2D eigenvalue weighted by molar-refractivity contribution is 0.0594. The predicted molar refractivity (Wildman–Crippen MR) is 68.7 cm³/mol. The molecule has 0 amide bonds. The highest BCUT2D eigenvalue weighted by molar-refractivity contribution is 5.31. The van der Waals surface area contributed by atoms with Crippen LogP contribution in [0.4, 0.5) is 4.39 Å². The zero-order chi connectivity index (χ0) is 13.5. The van der Waals surface area contributed by atoms with Crippen molar-refractivity contribution in [3.8, 4) is 5.75 Å². The molecule has 2 unspecified atom stereocenters. The number of nitrogens with one attached hydrogen (secondary N) is 1. The van der Waals surface area contributed by atoms with Crippen LogP contribution in [0.3, 0.4) is 0 Å². The van der Waals surface area contributed by atoms with Crippen molar-refractivity contribution in [3.05, 3.63) is 29.6 Å². The van der Waals surface area contributed by atoms with Crippen molar-refractivity contribution in [2.24, 2.45) is 5.84 Å². The van der Waals surface area contributed by atoms with E-state index in [1.54, 1.807) is 19.2 Å². The van der Waals surface area contributed by atoms with E-state index >= 15 is 0 Å². The Kier molecular flexibility index (Phi) is 6.04. The summed E-state index contributed by atoms with van der Waals surface area (Å²) < 4.78 is 24.3. The molecular weight excluding hydrogens is 235 g/mol. The largest absolute Gasteiger partial charge is 0.497 e. The maximum absolute atomic E-state index is 14.0. The highest BCUT2D eigenvalue weighted by atomic mass is 19.1. The second kappa shape index (κ2) is 7.31.